The summed E-state index contributed by atoms with van der Waals surface area (Å²) < 4.78 is 1.99. The summed E-state index contributed by atoms with van der Waals surface area (Å²) in [7, 11) is 3.74. The van der Waals surface area contributed by atoms with Crippen molar-refractivity contribution in [2.24, 2.45) is 0 Å². The first-order valence-electron chi connectivity index (χ1n) is 10.5. The number of amides is 1. The lowest BCUT2D eigenvalue weighted by Crippen LogP contribution is -2.48. The van der Waals surface area contributed by atoms with E-state index in [1.54, 1.807) is 0 Å². The molecule has 1 amide bonds. The fourth-order valence-corrected chi connectivity index (χ4v) is 5.16. The van der Waals surface area contributed by atoms with Gasteiger partial charge in [-0.1, -0.05) is 0 Å². The van der Waals surface area contributed by atoms with Crippen molar-refractivity contribution in [2.75, 3.05) is 32.1 Å². The SMILES string of the molecule is CN(C)c1nc2c(c(=O)[nH]1)CCC21CCCN(C(=O)c2nnc3n2CCCC3)C1. The van der Waals surface area contributed by atoms with Gasteiger partial charge in [0.25, 0.3) is 11.5 Å². The highest BCUT2D eigenvalue weighted by atomic mass is 16.2. The summed E-state index contributed by atoms with van der Waals surface area (Å²) in [6.45, 7) is 2.11. The molecule has 1 spiro atoms. The minimum absolute atomic E-state index is 0.0455. The number of hydrogen-bond donors (Lipinski definition) is 1. The first kappa shape index (κ1) is 18.3. The molecule has 0 radical (unpaired) electrons. The Balaban J connectivity index is 1.47. The van der Waals surface area contributed by atoms with E-state index < -0.39 is 0 Å². The number of aromatic nitrogens is 5. The molecule has 4 heterocycles. The van der Waals surface area contributed by atoms with Gasteiger partial charge in [-0.05, 0) is 38.5 Å². The summed E-state index contributed by atoms with van der Waals surface area (Å²) in [5.41, 5.74) is 1.37. The molecule has 1 atom stereocenters. The highest BCUT2D eigenvalue weighted by molar-refractivity contribution is 5.91. The summed E-state index contributed by atoms with van der Waals surface area (Å²) in [6.07, 6.45) is 6.47. The molecule has 0 aromatic carbocycles. The van der Waals surface area contributed by atoms with Crippen LogP contribution in [0.4, 0.5) is 5.95 Å². The van der Waals surface area contributed by atoms with Crippen LogP contribution in [0.3, 0.4) is 0 Å². The number of anilines is 1. The number of aromatic amines is 1. The van der Waals surface area contributed by atoms with Gasteiger partial charge in [0.15, 0.2) is 0 Å². The predicted octanol–water partition coefficient (Wildman–Crippen LogP) is 0.884. The van der Waals surface area contributed by atoms with Crippen molar-refractivity contribution < 1.29 is 4.79 Å². The molecule has 9 heteroatoms. The summed E-state index contributed by atoms with van der Waals surface area (Å²) in [4.78, 5) is 37.4. The molecule has 29 heavy (non-hydrogen) atoms. The van der Waals surface area contributed by atoms with Crippen molar-refractivity contribution in [3.63, 3.8) is 0 Å². The van der Waals surface area contributed by atoms with Crippen molar-refractivity contribution in [2.45, 2.75) is 56.9 Å². The van der Waals surface area contributed by atoms with Gasteiger partial charge >= 0.3 is 0 Å². The first-order valence-corrected chi connectivity index (χ1v) is 10.5. The number of carbonyl (C=O) groups is 1. The zero-order valence-electron chi connectivity index (χ0n) is 17.1. The topological polar surface area (TPSA) is 100 Å². The predicted molar refractivity (Wildman–Crippen MR) is 107 cm³/mol. The molecule has 154 valence electrons. The largest absolute Gasteiger partial charge is 0.348 e. The number of hydrogen-bond acceptors (Lipinski definition) is 6. The number of aryl methyl sites for hydroxylation is 1. The Hall–Kier alpha value is -2.71. The van der Waals surface area contributed by atoms with Crippen molar-refractivity contribution >= 4 is 11.9 Å². The van der Waals surface area contributed by atoms with Crippen molar-refractivity contribution in [3.05, 3.63) is 33.3 Å². The Morgan fingerprint density at radius 1 is 1.10 bits per heavy atom. The van der Waals surface area contributed by atoms with E-state index in [0.717, 1.165) is 62.2 Å². The van der Waals surface area contributed by atoms with Crippen LogP contribution in [-0.2, 0) is 24.8 Å². The van der Waals surface area contributed by atoms with E-state index in [2.05, 4.69) is 15.2 Å². The molecule has 1 fully saturated rings. The van der Waals surface area contributed by atoms with Crippen molar-refractivity contribution in [3.8, 4) is 0 Å². The standard InChI is InChI=1S/C20H27N7O2/c1-25(2)19-21-15-13(17(28)22-19)7-9-20(15)8-5-10-26(12-20)18(29)16-24-23-14-6-3-4-11-27(14)16/h3-12H2,1-2H3,(H,21,22,28). The van der Waals surface area contributed by atoms with Crippen LogP contribution >= 0.6 is 0 Å². The van der Waals surface area contributed by atoms with E-state index in [0.29, 0.717) is 31.3 Å². The maximum absolute atomic E-state index is 13.3. The number of piperidine rings is 1. The third kappa shape index (κ3) is 2.86. The molecule has 0 bridgehead atoms. The molecule has 1 aliphatic carbocycles. The van der Waals surface area contributed by atoms with Crippen LogP contribution in [0.5, 0.6) is 0 Å². The maximum Gasteiger partial charge on any atom is 0.291 e. The summed E-state index contributed by atoms with van der Waals surface area (Å²) in [5.74, 6) is 1.91. The van der Waals surface area contributed by atoms with Gasteiger partial charge in [-0.3, -0.25) is 14.6 Å². The van der Waals surface area contributed by atoms with Gasteiger partial charge in [-0.15, -0.1) is 10.2 Å². The fourth-order valence-electron chi connectivity index (χ4n) is 5.16. The minimum atomic E-state index is -0.243. The van der Waals surface area contributed by atoms with Crippen molar-refractivity contribution in [1.29, 1.82) is 0 Å². The molecule has 2 aromatic heterocycles. The molecule has 3 aliphatic rings. The van der Waals surface area contributed by atoms with Crippen LogP contribution in [0.1, 0.15) is 59.8 Å². The van der Waals surface area contributed by atoms with Gasteiger partial charge in [0, 0.05) is 51.1 Å². The van der Waals surface area contributed by atoms with E-state index in [1.807, 2.05) is 28.5 Å². The number of nitrogens with zero attached hydrogens (tertiary/aromatic N) is 6. The smallest absolute Gasteiger partial charge is 0.291 e. The summed E-state index contributed by atoms with van der Waals surface area (Å²) in [6, 6.07) is 0. The van der Waals surface area contributed by atoms with E-state index >= 15 is 0 Å². The van der Waals surface area contributed by atoms with Gasteiger partial charge in [0.05, 0.1) is 5.69 Å². The Labute approximate surface area is 169 Å². The molecule has 1 saturated heterocycles. The molecule has 5 rings (SSSR count). The number of likely N-dealkylation sites (tertiary alicyclic amines) is 1. The lowest BCUT2D eigenvalue weighted by molar-refractivity contribution is 0.0614. The highest BCUT2D eigenvalue weighted by Crippen LogP contribution is 2.43. The van der Waals surface area contributed by atoms with E-state index in [1.165, 1.54) is 0 Å². The third-order valence-corrected chi connectivity index (χ3v) is 6.70. The molecule has 0 saturated carbocycles. The monoisotopic (exact) mass is 397 g/mol. The van der Waals surface area contributed by atoms with Crippen LogP contribution in [0.25, 0.3) is 0 Å². The van der Waals surface area contributed by atoms with Gasteiger partial charge in [0.1, 0.15) is 5.82 Å². The van der Waals surface area contributed by atoms with Crippen LogP contribution in [0, 0.1) is 0 Å². The molecular weight excluding hydrogens is 370 g/mol. The Morgan fingerprint density at radius 3 is 2.79 bits per heavy atom. The molecule has 2 aromatic rings. The zero-order chi connectivity index (χ0) is 20.2. The molecular formula is C20H27N7O2. The highest BCUT2D eigenvalue weighted by Gasteiger charge is 2.46. The Kier molecular flexibility index (Phi) is 4.22. The van der Waals surface area contributed by atoms with Gasteiger partial charge in [-0.2, -0.15) is 0 Å². The Bertz CT molecular complexity index is 1020. The lowest BCUT2D eigenvalue weighted by Gasteiger charge is -2.40. The fraction of sp³-hybridized carbons (Fsp3) is 0.650. The normalized spacial score (nSPS) is 23.2. The number of carbonyl (C=O) groups excluding carboxylic acids is 1. The quantitative estimate of drug-likeness (QED) is 0.808. The van der Waals surface area contributed by atoms with Gasteiger partial charge in [-0.25, -0.2) is 4.98 Å². The summed E-state index contributed by atoms with van der Waals surface area (Å²) >= 11 is 0. The van der Waals surface area contributed by atoms with Crippen LogP contribution < -0.4 is 10.5 Å². The minimum Gasteiger partial charge on any atom is -0.348 e. The number of rotatable bonds is 2. The number of fused-ring (bicyclic) bond motifs is 3. The number of H-pyrrole nitrogens is 1. The zero-order valence-corrected chi connectivity index (χ0v) is 17.1. The van der Waals surface area contributed by atoms with Crippen LogP contribution in [0.15, 0.2) is 4.79 Å². The van der Waals surface area contributed by atoms with Crippen molar-refractivity contribution in [1.82, 2.24) is 29.6 Å². The second-order valence-corrected chi connectivity index (χ2v) is 8.77. The van der Waals surface area contributed by atoms with Gasteiger partial charge in [0.2, 0.25) is 11.8 Å². The molecule has 1 unspecified atom stereocenters. The van der Waals surface area contributed by atoms with E-state index in [4.69, 9.17) is 4.98 Å². The average Bonchev–Trinajstić information content (AvgIpc) is 3.30. The van der Waals surface area contributed by atoms with Crippen LogP contribution in [-0.4, -0.2) is 62.7 Å². The number of nitrogens with one attached hydrogen (secondary N) is 1. The molecule has 9 nitrogen and oxygen atoms in total. The van der Waals surface area contributed by atoms with Gasteiger partial charge < -0.3 is 14.4 Å². The van der Waals surface area contributed by atoms with E-state index in [9.17, 15) is 9.59 Å². The third-order valence-electron chi connectivity index (χ3n) is 6.70. The molecule has 1 N–H and O–H groups in total. The first-order chi connectivity index (χ1) is 14.0. The van der Waals surface area contributed by atoms with E-state index in [-0.39, 0.29) is 16.9 Å². The average molecular weight is 397 g/mol. The maximum atomic E-state index is 13.3. The lowest BCUT2D eigenvalue weighted by atomic mass is 9.77. The molecule has 2 aliphatic heterocycles. The Morgan fingerprint density at radius 2 is 1.97 bits per heavy atom. The summed E-state index contributed by atoms with van der Waals surface area (Å²) in [5, 5.41) is 8.47. The second kappa shape index (κ2) is 6.67. The van der Waals surface area contributed by atoms with Crippen LogP contribution in [0.2, 0.25) is 0 Å². The second-order valence-electron chi connectivity index (χ2n) is 8.77.